The van der Waals surface area contributed by atoms with Crippen LogP contribution in [0.2, 0.25) is 0 Å². The molecule has 1 atom stereocenters. The zero-order chi connectivity index (χ0) is 49.1. The summed E-state index contributed by atoms with van der Waals surface area (Å²) >= 11 is 0. The first kappa shape index (κ1) is 65.4. The van der Waals surface area contributed by atoms with E-state index in [1.807, 2.05) is 0 Å². The van der Waals surface area contributed by atoms with Gasteiger partial charge in [0.05, 0.1) is 0 Å². The molecule has 0 aliphatic carbocycles. The normalized spacial score (nSPS) is 12.1. The van der Waals surface area contributed by atoms with Gasteiger partial charge in [0, 0.05) is 19.3 Å². The van der Waals surface area contributed by atoms with Gasteiger partial charge in [-0.05, 0) is 37.0 Å². The SMILES string of the molecule is CC(C)CCCCCCCCCCCCCCCCCCCCC(=O)OC[C@H](COC(=O)CCCCCCCCCCCCCCCC(C)C)OC(=O)CCCCCCCCCCCC(C)C. The molecular weight excluding hydrogens is 829 g/mol. The van der Waals surface area contributed by atoms with E-state index in [9.17, 15) is 14.4 Å². The van der Waals surface area contributed by atoms with Crippen molar-refractivity contribution < 1.29 is 28.6 Å². The van der Waals surface area contributed by atoms with E-state index >= 15 is 0 Å². The molecule has 6 heteroatoms. The Hall–Kier alpha value is -1.59. The number of hydrogen-bond donors (Lipinski definition) is 0. The van der Waals surface area contributed by atoms with Crippen molar-refractivity contribution >= 4 is 17.9 Å². The van der Waals surface area contributed by atoms with Crippen LogP contribution in [0.3, 0.4) is 0 Å². The molecule has 0 N–H and O–H groups in total. The van der Waals surface area contributed by atoms with Gasteiger partial charge in [-0.15, -0.1) is 0 Å². The number of esters is 3. The standard InChI is InChI=1S/C61H118O6/c1-55(2)47-41-35-29-23-18-14-11-9-7-8-10-12-16-20-26-32-38-44-50-59(62)65-53-58(67-61(64)52-46-40-34-28-22-25-31-37-43-49-57(5)6)54-66-60(63)51-45-39-33-27-21-17-13-15-19-24-30-36-42-48-56(3)4/h55-58H,7-54H2,1-6H3/t58-/m1/s1. The molecule has 0 unspecified atom stereocenters. The lowest BCUT2D eigenvalue weighted by molar-refractivity contribution is -0.167. The van der Waals surface area contributed by atoms with Crippen LogP contribution >= 0.6 is 0 Å². The molecule has 0 rings (SSSR count). The van der Waals surface area contributed by atoms with Gasteiger partial charge in [-0.3, -0.25) is 14.4 Å². The fourth-order valence-electron chi connectivity index (χ4n) is 9.35. The summed E-state index contributed by atoms with van der Waals surface area (Å²) in [5.41, 5.74) is 0. The molecule has 0 fully saturated rings. The zero-order valence-corrected chi connectivity index (χ0v) is 46.2. The van der Waals surface area contributed by atoms with E-state index in [0.717, 1.165) is 75.5 Å². The maximum Gasteiger partial charge on any atom is 0.306 e. The lowest BCUT2D eigenvalue weighted by Crippen LogP contribution is -2.30. The Bertz CT molecular complexity index is 1040. The fourth-order valence-corrected chi connectivity index (χ4v) is 9.35. The lowest BCUT2D eigenvalue weighted by atomic mass is 10.0. The molecule has 0 amide bonds. The first-order valence-electron chi connectivity index (χ1n) is 30.1. The number of rotatable bonds is 54. The zero-order valence-electron chi connectivity index (χ0n) is 46.2. The third-order valence-electron chi connectivity index (χ3n) is 13.9. The minimum Gasteiger partial charge on any atom is -0.462 e. The predicted molar refractivity (Wildman–Crippen MR) is 289 cm³/mol. The summed E-state index contributed by atoms with van der Waals surface area (Å²) in [7, 11) is 0. The van der Waals surface area contributed by atoms with Crippen LogP contribution in [0.1, 0.15) is 337 Å². The lowest BCUT2D eigenvalue weighted by Gasteiger charge is -2.18. The van der Waals surface area contributed by atoms with Crippen LogP contribution in [0, 0.1) is 17.8 Å². The van der Waals surface area contributed by atoms with Crippen LogP contribution < -0.4 is 0 Å². The summed E-state index contributed by atoms with van der Waals surface area (Å²) in [6.07, 6.45) is 55.3. The smallest absolute Gasteiger partial charge is 0.306 e. The van der Waals surface area contributed by atoms with E-state index in [1.54, 1.807) is 0 Å². The van der Waals surface area contributed by atoms with Gasteiger partial charge in [0.15, 0.2) is 6.10 Å². The third-order valence-corrected chi connectivity index (χ3v) is 13.9. The first-order chi connectivity index (χ1) is 32.6. The van der Waals surface area contributed by atoms with Gasteiger partial charge in [0.25, 0.3) is 0 Å². The average molecular weight is 948 g/mol. The number of carbonyl (C=O) groups excluding carboxylic acids is 3. The Morgan fingerprint density at radius 3 is 0.642 bits per heavy atom. The minimum atomic E-state index is -0.764. The van der Waals surface area contributed by atoms with Gasteiger partial charge in [0.2, 0.25) is 0 Å². The summed E-state index contributed by atoms with van der Waals surface area (Å²) in [5, 5.41) is 0. The second-order valence-electron chi connectivity index (χ2n) is 22.4. The number of ether oxygens (including phenoxy) is 3. The van der Waals surface area contributed by atoms with Gasteiger partial charge in [-0.2, -0.15) is 0 Å². The molecule has 0 aromatic heterocycles. The molecule has 0 aromatic rings. The quantitative estimate of drug-likeness (QED) is 0.0343. The average Bonchev–Trinajstić information content (AvgIpc) is 3.29. The van der Waals surface area contributed by atoms with E-state index in [0.29, 0.717) is 19.3 Å². The van der Waals surface area contributed by atoms with E-state index in [2.05, 4.69) is 41.5 Å². The Morgan fingerprint density at radius 2 is 0.433 bits per heavy atom. The highest BCUT2D eigenvalue weighted by atomic mass is 16.6. The Labute approximate surface area is 418 Å². The monoisotopic (exact) mass is 947 g/mol. The van der Waals surface area contributed by atoms with Gasteiger partial charge >= 0.3 is 17.9 Å². The highest BCUT2D eigenvalue weighted by Gasteiger charge is 2.19. The Morgan fingerprint density at radius 1 is 0.254 bits per heavy atom. The summed E-state index contributed by atoms with van der Waals surface area (Å²) in [5.74, 6) is 1.66. The van der Waals surface area contributed by atoms with Crippen LogP contribution in [0.15, 0.2) is 0 Å². The molecule has 0 saturated heterocycles. The van der Waals surface area contributed by atoms with Crippen molar-refractivity contribution in [3.63, 3.8) is 0 Å². The molecular formula is C61H118O6. The molecule has 0 bridgehead atoms. The molecule has 398 valence electrons. The van der Waals surface area contributed by atoms with Crippen molar-refractivity contribution in [3.05, 3.63) is 0 Å². The molecule has 0 heterocycles. The van der Waals surface area contributed by atoms with E-state index in [4.69, 9.17) is 14.2 Å². The van der Waals surface area contributed by atoms with Crippen LogP contribution in [0.5, 0.6) is 0 Å². The second-order valence-corrected chi connectivity index (χ2v) is 22.4. The molecule has 67 heavy (non-hydrogen) atoms. The summed E-state index contributed by atoms with van der Waals surface area (Å²) in [6.45, 7) is 13.8. The topological polar surface area (TPSA) is 78.9 Å². The van der Waals surface area contributed by atoms with Crippen molar-refractivity contribution in [1.29, 1.82) is 0 Å². The van der Waals surface area contributed by atoms with Crippen LogP contribution in [-0.2, 0) is 28.6 Å². The minimum absolute atomic E-state index is 0.0635. The summed E-state index contributed by atoms with van der Waals surface area (Å²) in [4.78, 5) is 38.2. The van der Waals surface area contributed by atoms with Crippen LogP contribution in [0.4, 0.5) is 0 Å². The number of hydrogen-bond acceptors (Lipinski definition) is 6. The second kappa shape index (κ2) is 52.2. The van der Waals surface area contributed by atoms with Gasteiger partial charge < -0.3 is 14.2 Å². The van der Waals surface area contributed by atoms with Gasteiger partial charge in [-0.25, -0.2) is 0 Å². The third kappa shape index (κ3) is 55.2. The maximum absolute atomic E-state index is 12.8. The van der Waals surface area contributed by atoms with Crippen molar-refractivity contribution in [2.24, 2.45) is 17.8 Å². The van der Waals surface area contributed by atoms with Gasteiger partial charge in [-0.1, -0.05) is 298 Å². The Balaban J connectivity index is 4.23. The van der Waals surface area contributed by atoms with Crippen molar-refractivity contribution in [2.75, 3.05) is 13.2 Å². The largest absolute Gasteiger partial charge is 0.462 e. The molecule has 0 radical (unpaired) electrons. The van der Waals surface area contributed by atoms with E-state index < -0.39 is 6.10 Å². The molecule has 0 aliphatic rings. The van der Waals surface area contributed by atoms with Crippen molar-refractivity contribution in [2.45, 2.75) is 343 Å². The maximum atomic E-state index is 12.8. The highest BCUT2D eigenvalue weighted by Crippen LogP contribution is 2.19. The molecule has 0 spiro atoms. The van der Waals surface area contributed by atoms with Crippen LogP contribution in [-0.4, -0.2) is 37.2 Å². The molecule has 0 aromatic carbocycles. The number of unbranched alkanes of at least 4 members (excludes halogenated alkanes) is 37. The van der Waals surface area contributed by atoms with E-state index in [1.165, 1.54) is 218 Å². The highest BCUT2D eigenvalue weighted by molar-refractivity contribution is 5.71. The first-order valence-corrected chi connectivity index (χ1v) is 30.1. The van der Waals surface area contributed by atoms with Gasteiger partial charge in [0.1, 0.15) is 13.2 Å². The van der Waals surface area contributed by atoms with Crippen molar-refractivity contribution in [3.8, 4) is 0 Å². The molecule has 6 nitrogen and oxygen atoms in total. The Kier molecular flexibility index (Phi) is 51.0. The predicted octanol–water partition coefficient (Wildman–Crippen LogP) is 19.9. The van der Waals surface area contributed by atoms with E-state index in [-0.39, 0.29) is 31.1 Å². The van der Waals surface area contributed by atoms with Crippen molar-refractivity contribution in [1.82, 2.24) is 0 Å². The summed E-state index contributed by atoms with van der Waals surface area (Å²) < 4.78 is 16.9. The van der Waals surface area contributed by atoms with Crippen LogP contribution in [0.25, 0.3) is 0 Å². The fraction of sp³-hybridized carbons (Fsp3) is 0.951. The number of carbonyl (C=O) groups is 3. The summed E-state index contributed by atoms with van der Waals surface area (Å²) in [6, 6.07) is 0. The molecule has 0 aliphatic heterocycles. The molecule has 0 saturated carbocycles.